The van der Waals surface area contributed by atoms with Gasteiger partial charge in [0.05, 0.1) is 7.11 Å². The Hall–Kier alpha value is -3.21. The first-order valence-electron chi connectivity index (χ1n) is 7.74. The van der Waals surface area contributed by atoms with Gasteiger partial charge in [0.25, 0.3) is 5.91 Å². The van der Waals surface area contributed by atoms with Crippen LogP contribution in [-0.4, -0.2) is 60.2 Å². The van der Waals surface area contributed by atoms with Crippen LogP contribution in [0, 0.1) is 18.3 Å². The van der Waals surface area contributed by atoms with Crippen molar-refractivity contribution in [1.29, 1.82) is 5.26 Å². The predicted octanol–water partition coefficient (Wildman–Crippen LogP) is 1.43. The van der Waals surface area contributed by atoms with Crippen molar-refractivity contribution in [3.63, 3.8) is 0 Å². The summed E-state index contributed by atoms with van der Waals surface area (Å²) in [7, 11) is 1.33. The number of carbonyl (C=O) groups excluding carboxylic acids is 2. The van der Waals surface area contributed by atoms with E-state index in [0.717, 1.165) is 0 Å². The van der Waals surface area contributed by atoms with Crippen LogP contribution in [0.15, 0.2) is 30.0 Å². The van der Waals surface area contributed by atoms with Gasteiger partial charge in [-0.05, 0) is 30.7 Å². The second kappa shape index (κ2) is 8.06. The molecular weight excluding hydrogens is 324 g/mol. The first-order valence-corrected chi connectivity index (χ1v) is 7.74. The van der Waals surface area contributed by atoms with Crippen LogP contribution in [-0.2, 0) is 9.53 Å². The maximum Gasteiger partial charge on any atom is 0.409 e. The van der Waals surface area contributed by atoms with Crippen molar-refractivity contribution in [3.05, 3.63) is 35.5 Å². The maximum atomic E-state index is 12.3. The van der Waals surface area contributed by atoms with Gasteiger partial charge in [-0.25, -0.2) is 4.79 Å². The van der Waals surface area contributed by atoms with Gasteiger partial charge < -0.3 is 25.0 Å². The van der Waals surface area contributed by atoms with E-state index in [1.165, 1.54) is 25.4 Å². The van der Waals surface area contributed by atoms with Crippen molar-refractivity contribution in [3.8, 4) is 11.8 Å². The Morgan fingerprint density at radius 3 is 2.56 bits per heavy atom. The second-order valence-electron chi connectivity index (χ2n) is 5.60. The molecule has 0 aliphatic carbocycles. The molecular formula is C17H20N4O4. The van der Waals surface area contributed by atoms with E-state index < -0.39 is 5.91 Å². The fourth-order valence-corrected chi connectivity index (χ4v) is 2.46. The molecule has 132 valence electrons. The van der Waals surface area contributed by atoms with Gasteiger partial charge in [0, 0.05) is 38.1 Å². The molecule has 1 aliphatic heterocycles. The summed E-state index contributed by atoms with van der Waals surface area (Å²) in [5.74, 6) is -0.415. The first-order chi connectivity index (χ1) is 11.9. The van der Waals surface area contributed by atoms with E-state index in [1.54, 1.807) is 17.9 Å². The van der Waals surface area contributed by atoms with E-state index >= 15 is 0 Å². The average molecular weight is 344 g/mol. The Morgan fingerprint density at radius 1 is 1.32 bits per heavy atom. The van der Waals surface area contributed by atoms with Crippen LogP contribution in [0.3, 0.4) is 0 Å². The topological polar surface area (TPSA) is 106 Å². The Balaban J connectivity index is 2.01. The number of methoxy groups -OCH3 is 1. The number of nitrogens with one attached hydrogen (secondary N) is 1. The van der Waals surface area contributed by atoms with E-state index in [0.29, 0.717) is 37.4 Å². The molecule has 2 rings (SSSR count). The number of phenolic OH excluding ortho intramolecular Hbond substituents is 1. The van der Waals surface area contributed by atoms with E-state index in [9.17, 15) is 20.0 Å². The maximum absolute atomic E-state index is 12.3. The van der Waals surface area contributed by atoms with Gasteiger partial charge in [0.2, 0.25) is 0 Å². The number of carbonyl (C=O) groups is 2. The van der Waals surface area contributed by atoms with E-state index in [1.807, 2.05) is 11.0 Å². The van der Waals surface area contributed by atoms with Crippen LogP contribution >= 0.6 is 0 Å². The number of hydrogen-bond donors (Lipinski definition) is 2. The Bertz CT molecular complexity index is 731. The van der Waals surface area contributed by atoms with Crippen LogP contribution in [0.25, 0.3) is 0 Å². The number of piperazine rings is 1. The largest absolute Gasteiger partial charge is 0.508 e. The number of aromatic hydroxyl groups is 1. The third kappa shape index (κ3) is 4.64. The lowest BCUT2D eigenvalue weighted by molar-refractivity contribution is -0.112. The molecule has 0 aromatic heterocycles. The number of benzene rings is 1. The highest BCUT2D eigenvalue weighted by molar-refractivity contribution is 6.06. The Morgan fingerprint density at radius 2 is 2.00 bits per heavy atom. The zero-order chi connectivity index (χ0) is 18.4. The highest BCUT2D eigenvalue weighted by Crippen LogP contribution is 2.20. The van der Waals surface area contributed by atoms with Crippen molar-refractivity contribution >= 4 is 17.7 Å². The van der Waals surface area contributed by atoms with Crippen molar-refractivity contribution in [2.45, 2.75) is 6.92 Å². The molecule has 1 aromatic carbocycles. The molecule has 8 nitrogen and oxygen atoms in total. The summed E-state index contributed by atoms with van der Waals surface area (Å²) in [4.78, 5) is 27.1. The summed E-state index contributed by atoms with van der Waals surface area (Å²) in [5, 5.41) is 21.3. The highest BCUT2D eigenvalue weighted by atomic mass is 16.5. The summed E-state index contributed by atoms with van der Waals surface area (Å²) in [5.41, 5.74) is 1.19. The van der Waals surface area contributed by atoms with Gasteiger partial charge in [-0.3, -0.25) is 4.79 Å². The number of nitrogens with zero attached hydrogens (tertiary/aromatic N) is 3. The normalized spacial score (nSPS) is 14.7. The molecule has 0 bridgehead atoms. The van der Waals surface area contributed by atoms with Crippen LogP contribution < -0.4 is 5.32 Å². The van der Waals surface area contributed by atoms with Crippen LogP contribution in [0.2, 0.25) is 0 Å². The molecule has 0 saturated carbocycles. The lowest BCUT2D eigenvalue weighted by Gasteiger charge is -2.33. The summed E-state index contributed by atoms with van der Waals surface area (Å²) in [6.45, 7) is 3.68. The van der Waals surface area contributed by atoms with Gasteiger partial charge in [0.1, 0.15) is 17.4 Å². The van der Waals surface area contributed by atoms with Gasteiger partial charge in [-0.2, -0.15) is 5.26 Å². The molecule has 8 heteroatoms. The van der Waals surface area contributed by atoms with E-state index in [-0.39, 0.29) is 17.4 Å². The molecule has 1 saturated heterocycles. The minimum Gasteiger partial charge on any atom is -0.508 e. The fourth-order valence-electron chi connectivity index (χ4n) is 2.46. The Labute approximate surface area is 145 Å². The van der Waals surface area contributed by atoms with E-state index in [2.05, 4.69) is 10.1 Å². The fraction of sp³-hybridized carbons (Fsp3) is 0.353. The number of phenols is 1. The van der Waals surface area contributed by atoms with Crippen LogP contribution in [0.1, 0.15) is 5.56 Å². The monoisotopic (exact) mass is 344 g/mol. The summed E-state index contributed by atoms with van der Waals surface area (Å²) in [6, 6.07) is 6.46. The molecule has 1 aromatic rings. The summed E-state index contributed by atoms with van der Waals surface area (Å²) < 4.78 is 4.67. The standard InChI is InChI=1S/C17H20N4O4/c1-12-9-14(22)3-4-15(12)19-16(23)13(10-18)11-20-5-7-21(8-6-20)17(24)25-2/h3-4,9,11,22H,5-8H2,1-2H3,(H,19,23)/b13-11-. The summed E-state index contributed by atoms with van der Waals surface area (Å²) >= 11 is 0. The van der Waals surface area contributed by atoms with Crippen molar-refractivity contribution in [2.24, 2.45) is 0 Å². The number of hydrogen-bond acceptors (Lipinski definition) is 6. The van der Waals surface area contributed by atoms with Crippen LogP contribution in [0.5, 0.6) is 5.75 Å². The molecule has 0 unspecified atom stereocenters. The minimum absolute atomic E-state index is 0.0287. The van der Waals surface area contributed by atoms with Gasteiger partial charge >= 0.3 is 6.09 Å². The first kappa shape index (κ1) is 18.1. The number of ether oxygens (including phenoxy) is 1. The number of anilines is 1. The van der Waals surface area contributed by atoms with Gasteiger partial charge in [0.15, 0.2) is 0 Å². The smallest absolute Gasteiger partial charge is 0.409 e. The quantitative estimate of drug-likeness (QED) is 0.488. The van der Waals surface area contributed by atoms with Crippen molar-refractivity contribution in [1.82, 2.24) is 9.80 Å². The predicted molar refractivity (Wildman–Crippen MR) is 90.7 cm³/mol. The number of nitriles is 1. The van der Waals surface area contributed by atoms with E-state index in [4.69, 9.17) is 0 Å². The molecule has 1 heterocycles. The molecule has 0 radical (unpaired) electrons. The van der Waals surface area contributed by atoms with Crippen LogP contribution in [0.4, 0.5) is 10.5 Å². The zero-order valence-corrected chi connectivity index (χ0v) is 14.2. The number of aryl methyl sites for hydroxylation is 1. The Kier molecular flexibility index (Phi) is 5.84. The number of rotatable bonds is 3. The van der Waals surface area contributed by atoms with Gasteiger partial charge in [-0.1, -0.05) is 0 Å². The third-order valence-corrected chi connectivity index (χ3v) is 3.88. The zero-order valence-electron chi connectivity index (χ0n) is 14.2. The average Bonchev–Trinajstić information content (AvgIpc) is 2.61. The lowest BCUT2D eigenvalue weighted by atomic mass is 10.1. The van der Waals surface area contributed by atoms with Crippen molar-refractivity contribution < 1.29 is 19.4 Å². The summed E-state index contributed by atoms with van der Waals surface area (Å²) in [6.07, 6.45) is 1.12. The number of amides is 2. The van der Waals surface area contributed by atoms with Crippen molar-refractivity contribution in [2.75, 3.05) is 38.6 Å². The molecule has 25 heavy (non-hydrogen) atoms. The van der Waals surface area contributed by atoms with Gasteiger partial charge in [-0.15, -0.1) is 0 Å². The molecule has 1 fully saturated rings. The lowest BCUT2D eigenvalue weighted by Crippen LogP contribution is -2.47. The minimum atomic E-state index is -0.522. The second-order valence-corrected chi connectivity index (χ2v) is 5.60. The molecule has 0 spiro atoms. The SMILES string of the molecule is COC(=O)N1CCN(/C=C(/C#N)C(=O)Nc2ccc(O)cc2C)CC1. The highest BCUT2D eigenvalue weighted by Gasteiger charge is 2.21. The molecule has 1 aliphatic rings. The third-order valence-electron chi connectivity index (χ3n) is 3.88. The molecule has 2 amide bonds. The molecule has 2 N–H and O–H groups in total. The molecule has 0 atom stereocenters.